The Hall–Kier alpha value is -3.49. The summed E-state index contributed by atoms with van der Waals surface area (Å²) in [5, 5.41) is 13.0. The summed E-state index contributed by atoms with van der Waals surface area (Å²) in [5.41, 5.74) is 1.01. The van der Waals surface area contributed by atoms with Gasteiger partial charge in [0.15, 0.2) is 18.1 Å². The third-order valence-electron chi connectivity index (χ3n) is 4.28. The number of carbonyl (C=O) groups is 3. The Balaban J connectivity index is 1.48. The number of nitrogens with zero attached hydrogens (tertiary/aromatic N) is 3. The van der Waals surface area contributed by atoms with Crippen LogP contribution in [0.5, 0.6) is 0 Å². The van der Waals surface area contributed by atoms with Crippen molar-refractivity contribution in [2.75, 3.05) is 37.0 Å². The minimum atomic E-state index is -0.717. The predicted molar refractivity (Wildman–Crippen MR) is 102 cm³/mol. The molecule has 28 heavy (non-hydrogen) atoms. The van der Waals surface area contributed by atoms with Gasteiger partial charge in [0, 0.05) is 31.4 Å². The number of hydrogen-bond acceptors (Lipinski definition) is 7. The zero-order chi connectivity index (χ0) is 19.9. The molecule has 1 fully saturated rings. The lowest BCUT2D eigenvalue weighted by Crippen LogP contribution is -2.22. The average Bonchev–Trinajstić information content (AvgIpc) is 3.27. The van der Waals surface area contributed by atoms with E-state index in [0.29, 0.717) is 11.3 Å². The first-order valence-corrected chi connectivity index (χ1v) is 8.94. The molecule has 0 saturated carbocycles. The fourth-order valence-corrected chi connectivity index (χ4v) is 2.80. The van der Waals surface area contributed by atoms with Crippen LogP contribution >= 0.6 is 0 Å². The van der Waals surface area contributed by atoms with Gasteiger partial charge in [-0.15, -0.1) is 10.2 Å². The third kappa shape index (κ3) is 4.81. The lowest BCUT2D eigenvalue weighted by atomic mass is 10.2. The van der Waals surface area contributed by atoms with E-state index < -0.39 is 18.5 Å². The van der Waals surface area contributed by atoms with Crippen molar-refractivity contribution in [3.05, 3.63) is 47.7 Å². The summed E-state index contributed by atoms with van der Waals surface area (Å²) in [4.78, 5) is 37.6. The van der Waals surface area contributed by atoms with Gasteiger partial charge in [-0.1, -0.05) is 0 Å². The Kier molecular flexibility index (Phi) is 6.15. The highest BCUT2D eigenvalue weighted by molar-refractivity contribution is 5.96. The van der Waals surface area contributed by atoms with Crippen LogP contribution in [0.2, 0.25) is 0 Å². The molecule has 1 aromatic heterocycles. The standard InChI is InChI=1S/C19H21N5O4/c1-20-18(26)13-4-6-14(7-5-13)21-17(25)12-28-19(27)15-8-9-16(23-22-15)24-10-2-3-11-24/h4-9H,2-3,10-12H2,1H3,(H,20,26)(H,21,25). The van der Waals surface area contributed by atoms with Gasteiger partial charge in [-0.3, -0.25) is 9.59 Å². The van der Waals surface area contributed by atoms with Crippen molar-refractivity contribution in [2.24, 2.45) is 0 Å². The van der Waals surface area contributed by atoms with Crippen LogP contribution in [0.4, 0.5) is 11.5 Å². The minimum Gasteiger partial charge on any atom is -0.451 e. The van der Waals surface area contributed by atoms with E-state index in [4.69, 9.17) is 4.74 Å². The second-order valence-corrected chi connectivity index (χ2v) is 6.25. The molecule has 2 N–H and O–H groups in total. The molecule has 1 aliphatic heterocycles. The largest absolute Gasteiger partial charge is 0.451 e. The summed E-state index contributed by atoms with van der Waals surface area (Å²) in [6.07, 6.45) is 2.24. The summed E-state index contributed by atoms with van der Waals surface area (Å²) in [6.45, 7) is 1.41. The molecule has 2 amide bonds. The highest BCUT2D eigenvalue weighted by atomic mass is 16.5. The highest BCUT2D eigenvalue weighted by Crippen LogP contribution is 2.16. The number of anilines is 2. The minimum absolute atomic E-state index is 0.0469. The number of benzene rings is 1. The molecule has 1 saturated heterocycles. The average molecular weight is 383 g/mol. The van der Waals surface area contributed by atoms with Crippen molar-refractivity contribution in [1.82, 2.24) is 15.5 Å². The molecule has 0 atom stereocenters. The monoisotopic (exact) mass is 383 g/mol. The molecule has 0 bridgehead atoms. The van der Waals surface area contributed by atoms with Gasteiger partial charge in [0.25, 0.3) is 11.8 Å². The molecule has 0 spiro atoms. The number of ether oxygens (including phenoxy) is 1. The van der Waals surface area contributed by atoms with Crippen LogP contribution in [0, 0.1) is 0 Å². The number of esters is 1. The van der Waals surface area contributed by atoms with E-state index in [9.17, 15) is 14.4 Å². The van der Waals surface area contributed by atoms with Crippen molar-refractivity contribution < 1.29 is 19.1 Å². The van der Waals surface area contributed by atoms with Crippen molar-refractivity contribution in [3.63, 3.8) is 0 Å². The molecular formula is C19H21N5O4. The molecule has 1 aliphatic rings. The number of nitrogens with one attached hydrogen (secondary N) is 2. The zero-order valence-corrected chi connectivity index (χ0v) is 15.5. The smallest absolute Gasteiger partial charge is 0.359 e. The maximum absolute atomic E-state index is 12.0. The number of rotatable bonds is 6. The van der Waals surface area contributed by atoms with Gasteiger partial charge >= 0.3 is 5.97 Å². The van der Waals surface area contributed by atoms with Crippen LogP contribution in [0.3, 0.4) is 0 Å². The molecule has 146 valence electrons. The Morgan fingerprint density at radius 2 is 1.75 bits per heavy atom. The SMILES string of the molecule is CNC(=O)c1ccc(NC(=O)COC(=O)c2ccc(N3CCCC3)nn2)cc1. The first kappa shape index (κ1) is 19.3. The second kappa shape index (κ2) is 8.94. The number of aromatic nitrogens is 2. The number of hydrogen-bond donors (Lipinski definition) is 2. The van der Waals surface area contributed by atoms with Crippen molar-refractivity contribution in [1.29, 1.82) is 0 Å². The summed E-state index contributed by atoms with van der Waals surface area (Å²) < 4.78 is 4.98. The summed E-state index contributed by atoms with van der Waals surface area (Å²) in [5.74, 6) is -0.705. The Bertz CT molecular complexity index is 846. The van der Waals surface area contributed by atoms with E-state index in [1.165, 1.54) is 7.05 Å². The van der Waals surface area contributed by atoms with Gasteiger partial charge in [-0.25, -0.2) is 4.79 Å². The Morgan fingerprint density at radius 1 is 1.04 bits per heavy atom. The van der Waals surface area contributed by atoms with Gasteiger partial charge in [0.1, 0.15) is 0 Å². The normalized spacial score (nSPS) is 13.1. The predicted octanol–water partition coefficient (Wildman–Crippen LogP) is 1.23. The first-order valence-electron chi connectivity index (χ1n) is 8.94. The van der Waals surface area contributed by atoms with E-state index >= 15 is 0 Å². The quantitative estimate of drug-likeness (QED) is 0.721. The molecule has 9 nitrogen and oxygen atoms in total. The molecule has 3 rings (SSSR count). The van der Waals surface area contributed by atoms with Gasteiger partial charge < -0.3 is 20.3 Å². The van der Waals surface area contributed by atoms with Gasteiger partial charge in [0.2, 0.25) is 0 Å². The highest BCUT2D eigenvalue weighted by Gasteiger charge is 2.16. The fraction of sp³-hybridized carbons (Fsp3) is 0.316. The lowest BCUT2D eigenvalue weighted by molar-refractivity contribution is -0.119. The van der Waals surface area contributed by atoms with Gasteiger partial charge in [-0.2, -0.15) is 0 Å². The van der Waals surface area contributed by atoms with E-state index in [1.54, 1.807) is 36.4 Å². The van der Waals surface area contributed by atoms with Gasteiger partial charge in [-0.05, 0) is 49.2 Å². The van der Waals surface area contributed by atoms with Crippen molar-refractivity contribution >= 4 is 29.3 Å². The molecule has 1 aromatic carbocycles. The van der Waals surface area contributed by atoms with E-state index in [1.807, 2.05) is 0 Å². The first-order chi connectivity index (χ1) is 13.6. The molecule has 0 unspecified atom stereocenters. The zero-order valence-electron chi connectivity index (χ0n) is 15.5. The second-order valence-electron chi connectivity index (χ2n) is 6.25. The van der Waals surface area contributed by atoms with E-state index in [0.717, 1.165) is 31.7 Å². The summed E-state index contributed by atoms with van der Waals surface area (Å²) in [6, 6.07) is 9.61. The van der Waals surface area contributed by atoms with Crippen LogP contribution in [-0.2, 0) is 9.53 Å². The van der Waals surface area contributed by atoms with Crippen LogP contribution in [0.1, 0.15) is 33.7 Å². The number of amides is 2. The van der Waals surface area contributed by atoms with E-state index in [2.05, 4.69) is 25.7 Å². The van der Waals surface area contributed by atoms with Crippen molar-refractivity contribution in [3.8, 4) is 0 Å². The van der Waals surface area contributed by atoms with Crippen LogP contribution in [0.25, 0.3) is 0 Å². The molecule has 0 aliphatic carbocycles. The topological polar surface area (TPSA) is 114 Å². The maximum Gasteiger partial charge on any atom is 0.359 e. The lowest BCUT2D eigenvalue weighted by Gasteiger charge is -2.15. The van der Waals surface area contributed by atoms with Crippen LogP contribution in [-0.4, -0.2) is 54.7 Å². The number of carbonyl (C=O) groups excluding carboxylic acids is 3. The molecule has 2 heterocycles. The van der Waals surface area contributed by atoms with Crippen LogP contribution < -0.4 is 15.5 Å². The molecule has 2 aromatic rings. The summed E-state index contributed by atoms with van der Waals surface area (Å²) in [7, 11) is 1.54. The van der Waals surface area contributed by atoms with E-state index in [-0.39, 0.29) is 11.6 Å². The molecule has 9 heteroatoms. The Morgan fingerprint density at radius 3 is 2.36 bits per heavy atom. The third-order valence-corrected chi connectivity index (χ3v) is 4.28. The fourth-order valence-electron chi connectivity index (χ4n) is 2.80. The summed E-state index contributed by atoms with van der Waals surface area (Å²) >= 11 is 0. The van der Waals surface area contributed by atoms with Gasteiger partial charge in [0.05, 0.1) is 0 Å². The Labute approximate surface area is 162 Å². The van der Waals surface area contributed by atoms with Crippen molar-refractivity contribution in [2.45, 2.75) is 12.8 Å². The maximum atomic E-state index is 12.0. The molecule has 0 radical (unpaired) electrons. The van der Waals surface area contributed by atoms with Crippen LogP contribution in [0.15, 0.2) is 36.4 Å². The molecular weight excluding hydrogens is 362 g/mol.